The van der Waals surface area contributed by atoms with Crippen molar-refractivity contribution in [2.24, 2.45) is 5.41 Å². The second-order valence-corrected chi connectivity index (χ2v) is 6.02. The van der Waals surface area contributed by atoms with Gasteiger partial charge in [0.15, 0.2) is 0 Å². The SMILES string of the molecule is CCCCCCCCCCC1(C(=O)O)CCCC1.Cl. The largest absolute Gasteiger partial charge is 0.481 e. The van der Waals surface area contributed by atoms with E-state index in [1.807, 2.05) is 0 Å². The molecule has 114 valence electrons. The van der Waals surface area contributed by atoms with E-state index in [1.54, 1.807) is 0 Å². The van der Waals surface area contributed by atoms with Gasteiger partial charge in [0.25, 0.3) is 0 Å². The summed E-state index contributed by atoms with van der Waals surface area (Å²) < 4.78 is 0. The molecule has 2 nitrogen and oxygen atoms in total. The van der Waals surface area contributed by atoms with Gasteiger partial charge >= 0.3 is 5.97 Å². The lowest BCUT2D eigenvalue weighted by molar-refractivity contribution is -0.149. The maximum Gasteiger partial charge on any atom is 0.309 e. The number of aliphatic carboxylic acids is 1. The fraction of sp³-hybridized carbons (Fsp3) is 0.938. The molecule has 0 amide bonds. The molecule has 1 N–H and O–H groups in total. The zero-order valence-electron chi connectivity index (χ0n) is 12.5. The quantitative estimate of drug-likeness (QED) is 0.533. The average molecular weight is 291 g/mol. The summed E-state index contributed by atoms with van der Waals surface area (Å²) in [5, 5.41) is 9.36. The van der Waals surface area contributed by atoms with Crippen LogP contribution in [0.15, 0.2) is 0 Å². The van der Waals surface area contributed by atoms with Crippen molar-refractivity contribution in [1.29, 1.82) is 0 Å². The first-order valence-corrected chi connectivity index (χ1v) is 7.95. The van der Waals surface area contributed by atoms with E-state index in [0.717, 1.165) is 38.5 Å². The zero-order valence-corrected chi connectivity index (χ0v) is 13.3. The number of halogens is 1. The number of carboxylic acids is 1. The standard InChI is InChI=1S/C16H30O2.ClH/c1-2-3-4-5-6-7-8-9-12-16(15(17)18)13-10-11-14-16;/h2-14H2,1H3,(H,17,18);1H. The van der Waals surface area contributed by atoms with E-state index < -0.39 is 5.97 Å². The molecule has 0 saturated heterocycles. The molecule has 1 aliphatic carbocycles. The predicted octanol–water partition coefficient (Wildman–Crippen LogP) is 5.58. The number of hydrogen-bond donors (Lipinski definition) is 1. The number of carboxylic acid groups (broad SMARTS) is 1. The van der Waals surface area contributed by atoms with Crippen LogP contribution in [0.4, 0.5) is 0 Å². The van der Waals surface area contributed by atoms with Crippen LogP contribution in [0, 0.1) is 5.41 Å². The van der Waals surface area contributed by atoms with Crippen LogP contribution in [0.5, 0.6) is 0 Å². The molecule has 0 heterocycles. The summed E-state index contributed by atoms with van der Waals surface area (Å²) in [6.45, 7) is 2.24. The third-order valence-corrected chi connectivity index (χ3v) is 4.52. The molecule has 1 rings (SSSR count). The van der Waals surface area contributed by atoms with Crippen molar-refractivity contribution in [3.8, 4) is 0 Å². The molecule has 0 aliphatic heterocycles. The molecule has 0 atom stereocenters. The van der Waals surface area contributed by atoms with E-state index in [1.165, 1.54) is 44.9 Å². The first-order valence-electron chi connectivity index (χ1n) is 7.95. The number of hydrogen-bond acceptors (Lipinski definition) is 1. The summed E-state index contributed by atoms with van der Waals surface area (Å²) in [5.74, 6) is -0.539. The Balaban J connectivity index is 0.00000324. The Bertz CT molecular complexity index is 235. The van der Waals surface area contributed by atoms with E-state index in [0.29, 0.717) is 0 Å². The molecule has 0 bridgehead atoms. The molecule has 1 saturated carbocycles. The van der Waals surface area contributed by atoms with Gasteiger partial charge in [-0.2, -0.15) is 0 Å². The van der Waals surface area contributed by atoms with Gasteiger partial charge in [-0.05, 0) is 19.3 Å². The highest BCUT2D eigenvalue weighted by molar-refractivity contribution is 5.85. The molecule has 3 heteroatoms. The highest BCUT2D eigenvalue weighted by Crippen LogP contribution is 2.42. The molecule has 0 aromatic carbocycles. The van der Waals surface area contributed by atoms with Crippen LogP contribution in [0.2, 0.25) is 0 Å². The molecule has 0 aromatic heterocycles. The lowest BCUT2D eigenvalue weighted by atomic mass is 9.81. The van der Waals surface area contributed by atoms with E-state index in [9.17, 15) is 9.90 Å². The van der Waals surface area contributed by atoms with E-state index in [2.05, 4.69) is 6.92 Å². The van der Waals surface area contributed by atoms with Crippen LogP contribution in [0.1, 0.15) is 90.4 Å². The smallest absolute Gasteiger partial charge is 0.309 e. The van der Waals surface area contributed by atoms with Crippen molar-refractivity contribution in [3.05, 3.63) is 0 Å². The second kappa shape index (κ2) is 10.5. The summed E-state index contributed by atoms with van der Waals surface area (Å²) in [7, 11) is 0. The van der Waals surface area contributed by atoms with Crippen molar-refractivity contribution in [2.45, 2.75) is 90.4 Å². The molecule has 0 spiro atoms. The minimum absolute atomic E-state index is 0. The highest BCUT2D eigenvalue weighted by Gasteiger charge is 2.40. The van der Waals surface area contributed by atoms with E-state index in [4.69, 9.17) is 0 Å². The molecular formula is C16H31ClO2. The number of unbranched alkanes of at least 4 members (excludes halogenated alkanes) is 7. The lowest BCUT2D eigenvalue weighted by Gasteiger charge is -2.23. The Morgan fingerprint density at radius 2 is 1.42 bits per heavy atom. The van der Waals surface area contributed by atoms with Gasteiger partial charge in [-0.3, -0.25) is 4.79 Å². The molecule has 0 unspecified atom stereocenters. The molecule has 0 radical (unpaired) electrons. The Morgan fingerprint density at radius 1 is 0.947 bits per heavy atom. The second-order valence-electron chi connectivity index (χ2n) is 6.02. The topological polar surface area (TPSA) is 37.3 Å². The molecule has 0 aromatic rings. The van der Waals surface area contributed by atoms with Gasteiger partial charge in [-0.1, -0.05) is 71.1 Å². The minimum atomic E-state index is -0.539. The van der Waals surface area contributed by atoms with Crippen molar-refractivity contribution >= 4 is 18.4 Å². The van der Waals surface area contributed by atoms with Crippen molar-refractivity contribution in [3.63, 3.8) is 0 Å². The van der Waals surface area contributed by atoms with Gasteiger partial charge in [0.1, 0.15) is 0 Å². The maximum atomic E-state index is 11.4. The fourth-order valence-corrected chi connectivity index (χ4v) is 3.22. The summed E-state index contributed by atoms with van der Waals surface area (Å²) >= 11 is 0. The van der Waals surface area contributed by atoms with Crippen LogP contribution in [-0.2, 0) is 4.79 Å². The van der Waals surface area contributed by atoms with Crippen molar-refractivity contribution < 1.29 is 9.90 Å². The van der Waals surface area contributed by atoms with Gasteiger partial charge in [-0.25, -0.2) is 0 Å². The van der Waals surface area contributed by atoms with Crippen LogP contribution < -0.4 is 0 Å². The number of rotatable bonds is 10. The van der Waals surface area contributed by atoms with Crippen LogP contribution in [0.25, 0.3) is 0 Å². The minimum Gasteiger partial charge on any atom is -0.481 e. The molecule has 1 fully saturated rings. The van der Waals surface area contributed by atoms with Gasteiger partial charge in [-0.15, -0.1) is 12.4 Å². The first-order chi connectivity index (χ1) is 8.71. The van der Waals surface area contributed by atoms with Crippen molar-refractivity contribution in [2.75, 3.05) is 0 Å². The van der Waals surface area contributed by atoms with Gasteiger partial charge < -0.3 is 5.11 Å². The number of carbonyl (C=O) groups is 1. The van der Waals surface area contributed by atoms with Crippen molar-refractivity contribution in [1.82, 2.24) is 0 Å². The van der Waals surface area contributed by atoms with Gasteiger partial charge in [0.2, 0.25) is 0 Å². The molecule has 1 aliphatic rings. The van der Waals surface area contributed by atoms with Gasteiger partial charge in [0.05, 0.1) is 5.41 Å². The van der Waals surface area contributed by atoms with Crippen LogP contribution in [-0.4, -0.2) is 11.1 Å². The summed E-state index contributed by atoms with van der Waals surface area (Å²) in [6.07, 6.45) is 15.3. The molecule has 19 heavy (non-hydrogen) atoms. The van der Waals surface area contributed by atoms with E-state index >= 15 is 0 Å². The summed E-state index contributed by atoms with van der Waals surface area (Å²) in [5.41, 5.74) is -0.345. The Morgan fingerprint density at radius 3 is 1.89 bits per heavy atom. The third-order valence-electron chi connectivity index (χ3n) is 4.52. The van der Waals surface area contributed by atoms with Crippen LogP contribution >= 0.6 is 12.4 Å². The monoisotopic (exact) mass is 290 g/mol. The fourth-order valence-electron chi connectivity index (χ4n) is 3.22. The Hall–Kier alpha value is -0.240. The van der Waals surface area contributed by atoms with E-state index in [-0.39, 0.29) is 17.8 Å². The van der Waals surface area contributed by atoms with Crippen LogP contribution in [0.3, 0.4) is 0 Å². The maximum absolute atomic E-state index is 11.4. The third kappa shape index (κ3) is 6.65. The predicted molar refractivity (Wildman–Crippen MR) is 83.0 cm³/mol. The Labute approximate surface area is 124 Å². The summed E-state index contributed by atoms with van der Waals surface area (Å²) in [4.78, 5) is 11.4. The Kier molecular flexibility index (Phi) is 10.4. The van der Waals surface area contributed by atoms with Gasteiger partial charge in [0, 0.05) is 0 Å². The summed E-state index contributed by atoms with van der Waals surface area (Å²) in [6, 6.07) is 0. The zero-order chi connectivity index (χ0) is 13.3. The lowest BCUT2D eigenvalue weighted by Crippen LogP contribution is -2.27. The first kappa shape index (κ1) is 18.8. The normalized spacial score (nSPS) is 17.1. The highest BCUT2D eigenvalue weighted by atomic mass is 35.5. The molecular weight excluding hydrogens is 260 g/mol. The average Bonchev–Trinajstić information content (AvgIpc) is 2.83.